The molecule has 2 heterocycles. The molecule has 7 nitrogen and oxygen atoms in total. The Morgan fingerprint density at radius 1 is 1.10 bits per heavy atom. The number of rotatable bonds is 7. The Labute approximate surface area is 180 Å². The summed E-state index contributed by atoms with van der Waals surface area (Å²) in [6.07, 6.45) is 2.01. The summed E-state index contributed by atoms with van der Waals surface area (Å²) < 4.78 is 12.8. The van der Waals surface area contributed by atoms with Crippen LogP contribution in [0.25, 0.3) is 0 Å². The molecule has 1 aliphatic heterocycles. The molecule has 0 bridgehead atoms. The van der Waals surface area contributed by atoms with Gasteiger partial charge in [0.15, 0.2) is 11.0 Å². The molecule has 156 valence electrons. The van der Waals surface area contributed by atoms with Crippen molar-refractivity contribution in [2.75, 3.05) is 24.3 Å². The summed E-state index contributed by atoms with van der Waals surface area (Å²) in [7, 11) is 3.51. The molecule has 3 aromatic rings. The van der Waals surface area contributed by atoms with E-state index < -0.39 is 0 Å². The maximum atomic E-state index is 12.8. The van der Waals surface area contributed by atoms with Crippen molar-refractivity contribution in [2.24, 2.45) is 7.05 Å². The minimum Gasteiger partial charge on any atom is -0.497 e. The van der Waals surface area contributed by atoms with Gasteiger partial charge in [-0.3, -0.25) is 4.79 Å². The number of hydrogen-bond acceptors (Lipinski definition) is 6. The fraction of sp³-hybridized carbons (Fsp3) is 0.318. The van der Waals surface area contributed by atoms with Crippen molar-refractivity contribution < 1.29 is 14.3 Å². The zero-order chi connectivity index (χ0) is 20.9. The summed E-state index contributed by atoms with van der Waals surface area (Å²) in [5, 5.41) is 9.13. The van der Waals surface area contributed by atoms with Crippen LogP contribution in [0, 0.1) is 0 Å². The van der Waals surface area contributed by atoms with Crippen molar-refractivity contribution in [1.29, 1.82) is 0 Å². The van der Waals surface area contributed by atoms with Crippen LogP contribution in [0.5, 0.6) is 11.5 Å². The predicted molar refractivity (Wildman–Crippen MR) is 116 cm³/mol. The normalized spacial score (nSPS) is 13.1. The summed E-state index contributed by atoms with van der Waals surface area (Å²) in [6.45, 7) is 1.06. The van der Waals surface area contributed by atoms with Crippen LogP contribution in [0.15, 0.2) is 53.7 Å². The van der Waals surface area contributed by atoms with Crippen LogP contribution in [-0.4, -0.2) is 40.1 Å². The SMILES string of the molecule is COc1ccc(OCc2nnc(SCC(=O)N3CCCc4ccccc43)n2C)cc1. The second-order valence-electron chi connectivity index (χ2n) is 6.99. The second kappa shape index (κ2) is 9.21. The van der Waals surface area contributed by atoms with Crippen LogP contribution in [0.2, 0.25) is 0 Å². The molecule has 1 amide bonds. The average Bonchev–Trinajstić information content (AvgIpc) is 3.15. The Kier molecular flexibility index (Phi) is 6.23. The molecular weight excluding hydrogens is 400 g/mol. The molecule has 1 aromatic heterocycles. The number of aryl methyl sites for hydroxylation is 1. The topological polar surface area (TPSA) is 69.5 Å². The molecule has 1 aliphatic rings. The van der Waals surface area contributed by atoms with E-state index in [1.54, 1.807) is 7.11 Å². The van der Waals surface area contributed by atoms with Gasteiger partial charge in [0.2, 0.25) is 5.91 Å². The number of benzene rings is 2. The van der Waals surface area contributed by atoms with Crippen molar-refractivity contribution in [3.63, 3.8) is 0 Å². The van der Waals surface area contributed by atoms with Crippen LogP contribution >= 0.6 is 11.8 Å². The number of carbonyl (C=O) groups excluding carboxylic acids is 1. The molecule has 0 spiro atoms. The van der Waals surface area contributed by atoms with Gasteiger partial charge in [-0.05, 0) is 48.7 Å². The highest BCUT2D eigenvalue weighted by molar-refractivity contribution is 7.99. The first-order valence-corrected chi connectivity index (χ1v) is 10.8. The van der Waals surface area contributed by atoms with Crippen LogP contribution in [0.3, 0.4) is 0 Å². The fourth-order valence-corrected chi connectivity index (χ4v) is 4.22. The van der Waals surface area contributed by atoms with Crippen molar-refractivity contribution >= 4 is 23.4 Å². The monoisotopic (exact) mass is 424 g/mol. The Balaban J connectivity index is 1.34. The minimum absolute atomic E-state index is 0.0891. The first kappa shape index (κ1) is 20.3. The molecule has 30 heavy (non-hydrogen) atoms. The van der Waals surface area contributed by atoms with Crippen molar-refractivity contribution in [3.05, 3.63) is 59.9 Å². The van der Waals surface area contributed by atoms with E-state index >= 15 is 0 Å². The van der Waals surface area contributed by atoms with Crippen LogP contribution < -0.4 is 14.4 Å². The van der Waals surface area contributed by atoms with Gasteiger partial charge in [0.05, 0.1) is 12.9 Å². The molecule has 0 radical (unpaired) electrons. The third kappa shape index (κ3) is 4.43. The van der Waals surface area contributed by atoms with E-state index in [1.165, 1.54) is 17.3 Å². The number of carbonyl (C=O) groups is 1. The van der Waals surface area contributed by atoms with E-state index in [-0.39, 0.29) is 5.91 Å². The zero-order valence-electron chi connectivity index (χ0n) is 17.1. The van der Waals surface area contributed by atoms with Crippen molar-refractivity contribution in [3.8, 4) is 11.5 Å². The number of nitrogens with zero attached hydrogens (tertiary/aromatic N) is 4. The molecule has 0 atom stereocenters. The highest BCUT2D eigenvalue weighted by Crippen LogP contribution is 2.28. The lowest BCUT2D eigenvalue weighted by molar-refractivity contribution is -0.116. The summed E-state index contributed by atoms with van der Waals surface area (Å²) >= 11 is 1.40. The van der Waals surface area contributed by atoms with Crippen molar-refractivity contribution in [1.82, 2.24) is 14.8 Å². The summed E-state index contributed by atoms with van der Waals surface area (Å²) in [6, 6.07) is 15.5. The Bertz CT molecular complexity index is 1020. The van der Waals surface area contributed by atoms with Gasteiger partial charge < -0.3 is 18.9 Å². The number of aromatic nitrogens is 3. The molecular formula is C22H24N4O3S. The third-order valence-electron chi connectivity index (χ3n) is 5.09. The Morgan fingerprint density at radius 2 is 1.87 bits per heavy atom. The molecule has 8 heteroatoms. The summed E-state index contributed by atoms with van der Waals surface area (Å²) in [5.41, 5.74) is 2.26. The first-order chi connectivity index (χ1) is 14.7. The number of amides is 1. The molecule has 0 unspecified atom stereocenters. The van der Waals surface area contributed by atoms with Gasteiger partial charge in [-0.1, -0.05) is 30.0 Å². The third-order valence-corrected chi connectivity index (χ3v) is 6.09. The Hall–Kier alpha value is -3.00. The smallest absolute Gasteiger partial charge is 0.237 e. The number of thioether (sulfide) groups is 1. The number of fused-ring (bicyclic) bond motifs is 1. The van der Waals surface area contributed by atoms with Gasteiger partial charge >= 0.3 is 0 Å². The number of methoxy groups -OCH3 is 1. The van der Waals surface area contributed by atoms with E-state index in [0.29, 0.717) is 23.3 Å². The lowest BCUT2D eigenvalue weighted by Gasteiger charge is -2.29. The average molecular weight is 425 g/mol. The van der Waals surface area contributed by atoms with E-state index in [2.05, 4.69) is 16.3 Å². The van der Waals surface area contributed by atoms with Crippen LogP contribution in [0.4, 0.5) is 5.69 Å². The number of hydrogen-bond donors (Lipinski definition) is 0. The van der Waals surface area contributed by atoms with E-state index in [0.717, 1.165) is 36.6 Å². The van der Waals surface area contributed by atoms with Gasteiger partial charge in [-0.25, -0.2) is 0 Å². The van der Waals surface area contributed by atoms with Crippen molar-refractivity contribution in [2.45, 2.75) is 24.6 Å². The number of anilines is 1. The second-order valence-corrected chi connectivity index (χ2v) is 7.93. The summed E-state index contributed by atoms with van der Waals surface area (Å²) in [4.78, 5) is 14.7. The molecule has 0 N–H and O–H groups in total. The molecule has 0 aliphatic carbocycles. The number of ether oxygens (including phenoxy) is 2. The first-order valence-electron chi connectivity index (χ1n) is 9.82. The van der Waals surface area contributed by atoms with Gasteiger partial charge in [0.25, 0.3) is 0 Å². The lowest BCUT2D eigenvalue weighted by atomic mass is 10.0. The van der Waals surface area contributed by atoms with Gasteiger partial charge in [-0.15, -0.1) is 10.2 Å². The maximum Gasteiger partial charge on any atom is 0.237 e. The van der Waals surface area contributed by atoms with Gasteiger partial charge in [0.1, 0.15) is 18.1 Å². The lowest BCUT2D eigenvalue weighted by Crippen LogP contribution is -2.36. The maximum absolute atomic E-state index is 12.8. The molecule has 0 saturated carbocycles. The zero-order valence-corrected chi connectivity index (χ0v) is 17.9. The Morgan fingerprint density at radius 3 is 2.67 bits per heavy atom. The molecule has 2 aromatic carbocycles. The molecule has 4 rings (SSSR count). The minimum atomic E-state index is 0.0891. The molecule has 0 fully saturated rings. The van der Waals surface area contributed by atoms with Gasteiger partial charge in [0, 0.05) is 19.3 Å². The highest BCUT2D eigenvalue weighted by Gasteiger charge is 2.23. The standard InChI is InChI=1S/C22H24N4O3S/c1-25-20(14-29-18-11-9-17(28-2)10-12-18)23-24-22(25)30-15-21(27)26-13-5-7-16-6-3-4-8-19(16)26/h3-4,6,8-12H,5,7,13-15H2,1-2H3. The van der Waals surface area contributed by atoms with Crippen LogP contribution in [0.1, 0.15) is 17.8 Å². The fourth-order valence-electron chi connectivity index (χ4n) is 3.41. The summed E-state index contributed by atoms with van der Waals surface area (Å²) in [5.74, 6) is 2.61. The van der Waals surface area contributed by atoms with Gasteiger partial charge in [-0.2, -0.15) is 0 Å². The largest absolute Gasteiger partial charge is 0.497 e. The predicted octanol–water partition coefficient (Wildman–Crippen LogP) is 3.47. The molecule has 0 saturated heterocycles. The van der Waals surface area contributed by atoms with Crippen LogP contribution in [-0.2, 0) is 24.9 Å². The highest BCUT2D eigenvalue weighted by atomic mass is 32.2. The quantitative estimate of drug-likeness (QED) is 0.541. The van der Waals surface area contributed by atoms with E-state index in [9.17, 15) is 4.79 Å². The van der Waals surface area contributed by atoms with E-state index in [4.69, 9.17) is 9.47 Å². The number of para-hydroxylation sites is 1. The van der Waals surface area contributed by atoms with E-state index in [1.807, 2.05) is 59.0 Å².